The van der Waals surface area contributed by atoms with Gasteiger partial charge in [-0.3, -0.25) is 0 Å². The van der Waals surface area contributed by atoms with E-state index in [1.165, 1.54) is 26.8 Å². The Hall–Kier alpha value is -12.4. The molecule has 15 aromatic carbocycles. The molecule has 0 atom stereocenters. The molecule has 1 aromatic heterocycles. The van der Waals surface area contributed by atoms with Crippen molar-refractivity contribution in [3.8, 4) is 72.4 Å². The average Bonchev–Trinajstić information content (AvgIpc) is 0.850. The number of anilines is 9. The summed E-state index contributed by atoms with van der Waals surface area (Å²) in [6.07, 6.45) is 0. The smallest absolute Gasteiger partial charge is 0.252 e. The minimum Gasteiger partial charge on any atom is -0.311 e. The van der Waals surface area contributed by atoms with Crippen LogP contribution in [0, 0.1) is 0 Å². The highest BCUT2D eigenvalue weighted by Crippen LogP contribution is 2.55. The van der Waals surface area contributed by atoms with E-state index in [4.69, 9.17) is 5.48 Å². The zero-order valence-corrected chi connectivity index (χ0v) is 68.2. The molecule has 564 valence electrons. The van der Waals surface area contributed by atoms with Crippen LogP contribution in [0.4, 0.5) is 51.2 Å². The quantitative estimate of drug-likeness (QED) is 0.113. The third kappa shape index (κ3) is 13.7. The first-order valence-electron chi connectivity index (χ1n) is 46.5. The van der Waals surface area contributed by atoms with E-state index in [1.54, 1.807) is 29.2 Å². The minimum atomic E-state index is -0.599. The normalized spacial score (nSPS) is 14.5. The van der Waals surface area contributed by atoms with Gasteiger partial charge in [-0.15, -0.1) is 0 Å². The van der Waals surface area contributed by atoms with Crippen molar-refractivity contribution >= 4 is 96.1 Å². The Kier molecular flexibility index (Phi) is 14.8. The summed E-state index contributed by atoms with van der Waals surface area (Å²) in [5.74, 6) is 0. The maximum Gasteiger partial charge on any atom is 0.252 e. The molecule has 2 aliphatic rings. The van der Waals surface area contributed by atoms with Gasteiger partial charge in [0.2, 0.25) is 0 Å². The Morgan fingerprint density at radius 2 is 0.643 bits per heavy atom. The second-order valence-corrected chi connectivity index (χ2v) is 36.2. The lowest BCUT2D eigenvalue weighted by atomic mass is 9.33. The van der Waals surface area contributed by atoms with Crippen molar-refractivity contribution in [1.29, 1.82) is 0 Å². The van der Waals surface area contributed by atoms with Gasteiger partial charge in [0.1, 0.15) is 0 Å². The molecule has 2 aliphatic heterocycles. The summed E-state index contributed by atoms with van der Waals surface area (Å²) in [7, 11) is 0. The van der Waals surface area contributed by atoms with Crippen molar-refractivity contribution in [2.75, 3.05) is 14.7 Å². The Balaban J connectivity index is 1.05. The summed E-state index contributed by atoms with van der Waals surface area (Å²) in [6.45, 7) is 33.4. The zero-order chi connectivity index (χ0) is 90.9. The van der Waals surface area contributed by atoms with Gasteiger partial charge in [0, 0.05) is 67.4 Å². The lowest BCUT2D eigenvalue weighted by Crippen LogP contribution is -2.61. The van der Waals surface area contributed by atoms with Crippen LogP contribution >= 0.6 is 0 Å². The monoisotopic (exact) mass is 1500 g/mol. The molecule has 16 aromatic rings. The van der Waals surface area contributed by atoms with Gasteiger partial charge < -0.3 is 19.3 Å². The second kappa shape index (κ2) is 28.3. The first-order chi connectivity index (χ1) is 60.6. The van der Waals surface area contributed by atoms with Crippen LogP contribution in [-0.2, 0) is 27.1 Å². The van der Waals surface area contributed by atoms with E-state index in [0.717, 1.165) is 111 Å². The SMILES string of the molecule is [2H]c1c([2H])c([2H])c(N(c2ccc(-n3c4c([2H])c([2H])c([2H])c([2H])c4c4c([2H])c([2H])c([2H])c([2H])c43)cc2)c2cc3c4c(c2)N(c2c(-c5ccccc5)cc(C(C)(C)C)cc2-c2ccccc2)c2cc(-c5cc(C(C)(C)C)cc(C(C)(C)C)c5)ccc2B4c2ccc(-c4cc(C(C)(C)C)cc(C(C)(C)C)c4)cc2N3c2cc(-c3ccccc3)cc(-c3ccccc3)c2)c([2H])c1[2H]. The zero-order valence-electron chi connectivity index (χ0n) is 81.2. The van der Waals surface area contributed by atoms with Gasteiger partial charge in [-0.1, -0.05) is 340 Å². The predicted molar refractivity (Wildman–Crippen MR) is 496 cm³/mol. The van der Waals surface area contributed by atoms with E-state index in [1.807, 2.05) is 24.3 Å². The summed E-state index contributed by atoms with van der Waals surface area (Å²) < 4.78 is 125. The van der Waals surface area contributed by atoms with E-state index in [2.05, 4.69) is 326 Å². The van der Waals surface area contributed by atoms with Crippen LogP contribution in [-0.4, -0.2) is 11.3 Å². The maximum atomic E-state index is 10.4. The molecule has 3 heterocycles. The highest BCUT2D eigenvalue weighted by Gasteiger charge is 2.46. The predicted octanol–water partition coefficient (Wildman–Crippen LogP) is 28.8. The van der Waals surface area contributed by atoms with Crippen molar-refractivity contribution in [2.24, 2.45) is 0 Å². The van der Waals surface area contributed by atoms with E-state index >= 15 is 0 Å². The molecule has 0 saturated heterocycles. The summed E-state index contributed by atoms with van der Waals surface area (Å²) in [5.41, 5.74) is 24.4. The van der Waals surface area contributed by atoms with Crippen LogP contribution in [0.2, 0.25) is 0 Å². The van der Waals surface area contributed by atoms with Crippen LogP contribution in [0.15, 0.2) is 339 Å². The van der Waals surface area contributed by atoms with Crippen LogP contribution in [0.3, 0.4) is 0 Å². The number of benzene rings is 15. The molecule has 4 nitrogen and oxygen atoms in total. The molecule has 0 spiro atoms. The van der Waals surface area contributed by atoms with Crippen LogP contribution in [0.5, 0.6) is 0 Å². The molecular weight excluding hydrogens is 1390 g/mol. The fraction of sp³-hybridized carbons (Fsp3) is 0.182. The van der Waals surface area contributed by atoms with Crippen LogP contribution in [0.1, 0.15) is 149 Å². The average molecular weight is 1500 g/mol. The fourth-order valence-electron chi connectivity index (χ4n) is 16.8. The van der Waals surface area contributed by atoms with Crippen molar-refractivity contribution in [1.82, 2.24) is 4.57 Å². The second-order valence-electron chi connectivity index (χ2n) is 36.2. The Bertz CT molecular complexity index is 6950. The summed E-state index contributed by atoms with van der Waals surface area (Å²) in [5, 5.41) is -0.183. The summed E-state index contributed by atoms with van der Waals surface area (Å²) in [4.78, 5) is 6.59. The van der Waals surface area contributed by atoms with E-state index < -0.39 is 85.3 Å². The lowest BCUT2D eigenvalue weighted by Gasteiger charge is -2.46. The number of rotatable bonds is 12. The van der Waals surface area contributed by atoms with Crippen molar-refractivity contribution in [3.05, 3.63) is 367 Å². The largest absolute Gasteiger partial charge is 0.311 e. The van der Waals surface area contributed by atoms with Crippen molar-refractivity contribution < 1.29 is 17.8 Å². The standard InChI is InChI=1S/C110H101BN4/c1-106(2,3)82-58-80(59-83(66-82)107(4,5)6)76-49-55-96-100(64-76)114(90-62-78(72-35-21-16-22-36-72)57-79(63-90)73-37-23-17-24-38-73)102-70-91(112(87-43-29-20-30-44-87)88-51-53-89(54-52-88)113-98-47-33-31-45-92(98)93-46-32-34-48-99(93)113)71-103-104(102)111(96)97-56-50-77(81-60-84(108(7,8)9)67-85(61-81)109(10,11)12)65-101(97)115(103)105-94(74-39-25-18-26-40-74)68-86(110(13,14)15)69-95(105)75-41-27-19-28-42-75/h16-71H,1-15H3/i20D,29D,30D,31D,32D,33D,34D,43D,44D,45D,46D,47D,48D. The molecule has 0 fully saturated rings. The van der Waals surface area contributed by atoms with Gasteiger partial charge in [0.05, 0.1) is 40.2 Å². The van der Waals surface area contributed by atoms with E-state index in [0.29, 0.717) is 22.7 Å². The number of hydrogen-bond acceptors (Lipinski definition) is 3. The molecule has 0 unspecified atom stereocenters. The van der Waals surface area contributed by atoms with Gasteiger partial charge in [-0.2, -0.15) is 0 Å². The highest BCUT2D eigenvalue weighted by molar-refractivity contribution is 7.00. The van der Waals surface area contributed by atoms with Crippen molar-refractivity contribution in [2.45, 2.75) is 131 Å². The lowest BCUT2D eigenvalue weighted by molar-refractivity contribution is 0.568. The number of fused-ring (bicyclic) bond motifs is 7. The molecule has 0 radical (unpaired) electrons. The Labute approximate surface area is 700 Å². The molecule has 0 aliphatic carbocycles. The third-order valence-electron chi connectivity index (χ3n) is 23.2. The molecular formula is C110H101BN4. The summed E-state index contributed by atoms with van der Waals surface area (Å²) in [6, 6.07) is 85.7. The third-order valence-corrected chi connectivity index (χ3v) is 23.2. The molecule has 18 rings (SSSR count). The molecule has 0 saturated carbocycles. The van der Waals surface area contributed by atoms with Gasteiger partial charge in [0.15, 0.2) is 0 Å². The number of para-hydroxylation sites is 3. The fourth-order valence-corrected chi connectivity index (χ4v) is 16.8. The van der Waals surface area contributed by atoms with E-state index in [-0.39, 0.29) is 60.3 Å². The van der Waals surface area contributed by atoms with Crippen LogP contribution < -0.4 is 31.1 Å². The maximum absolute atomic E-state index is 10.4. The topological polar surface area (TPSA) is 14.7 Å². The highest BCUT2D eigenvalue weighted by atomic mass is 15.2. The summed E-state index contributed by atoms with van der Waals surface area (Å²) >= 11 is 0. The van der Waals surface area contributed by atoms with Gasteiger partial charge in [0.25, 0.3) is 6.71 Å². The first-order valence-corrected chi connectivity index (χ1v) is 40.0. The molecule has 0 amide bonds. The molecule has 0 N–H and O–H groups in total. The molecule has 5 heteroatoms. The van der Waals surface area contributed by atoms with Gasteiger partial charge >= 0.3 is 0 Å². The Morgan fingerprint density at radius 3 is 1.07 bits per heavy atom. The number of hydrogen-bond donors (Lipinski definition) is 0. The van der Waals surface area contributed by atoms with Crippen molar-refractivity contribution in [3.63, 3.8) is 0 Å². The number of aromatic nitrogens is 1. The van der Waals surface area contributed by atoms with E-state index in [9.17, 15) is 12.3 Å². The molecule has 0 bridgehead atoms. The van der Waals surface area contributed by atoms with Gasteiger partial charge in [-0.25, -0.2) is 0 Å². The Morgan fingerprint density at radius 1 is 0.270 bits per heavy atom. The van der Waals surface area contributed by atoms with Gasteiger partial charge in [-0.05, 0) is 230 Å². The number of nitrogens with zero attached hydrogens (tertiary/aromatic N) is 4. The van der Waals surface area contributed by atoms with Crippen LogP contribution in [0.25, 0.3) is 94.3 Å². The molecule has 115 heavy (non-hydrogen) atoms. The minimum absolute atomic E-state index is 0.0799. The first kappa shape index (κ1) is 60.2.